The molecule has 1 aromatic heterocycles. The molecule has 1 aliphatic rings. The van der Waals surface area contributed by atoms with Gasteiger partial charge in [-0.25, -0.2) is 4.79 Å². The molecule has 8 heteroatoms. The zero-order chi connectivity index (χ0) is 13.5. The molecule has 1 saturated heterocycles. The van der Waals surface area contributed by atoms with Gasteiger partial charge < -0.3 is 25.8 Å². The van der Waals surface area contributed by atoms with Crippen LogP contribution < -0.4 is 11.4 Å². The summed E-state index contributed by atoms with van der Waals surface area (Å²) in [5.41, 5.74) is 2.94. The fourth-order valence-corrected chi connectivity index (χ4v) is 1.99. The van der Waals surface area contributed by atoms with Crippen LogP contribution in [0.3, 0.4) is 0 Å². The summed E-state index contributed by atoms with van der Waals surface area (Å²) in [5, 5.41) is 29.0. The van der Waals surface area contributed by atoms with E-state index in [4.69, 9.17) is 15.6 Å². The number of nitrogen functional groups attached to an aromatic ring is 1. The molecule has 0 amide bonds. The Bertz CT molecular complexity index is 501. The van der Waals surface area contributed by atoms with Gasteiger partial charge in [0.1, 0.15) is 23.6 Å². The Kier molecular flexibility index (Phi) is 3.11. The Balaban J connectivity index is 2.42. The van der Waals surface area contributed by atoms with Crippen molar-refractivity contribution in [1.29, 1.82) is 0 Å². The number of ether oxygens (including phenoxy) is 1. The molecular formula is C10H15N3O5. The minimum atomic E-state index is -1.71. The second-order valence-corrected chi connectivity index (χ2v) is 4.42. The Labute approximate surface area is 102 Å². The van der Waals surface area contributed by atoms with Crippen LogP contribution in [0.2, 0.25) is 0 Å². The lowest BCUT2D eigenvalue weighted by Gasteiger charge is -2.27. The number of nitrogens with two attached hydrogens (primary N) is 1. The fourth-order valence-electron chi connectivity index (χ4n) is 1.99. The molecule has 0 aliphatic carbocycles. The molecule has 4 atom stereocenters. The largest absolute Gasteiger partial charge is 0.394 e. The topological polar surface area (TPSA) is 131 Å². The number of nitrogens with zero attached hydrogens (tertiary/aromatic N) is 2. The zero-order valence-electron chi connectivity index (χ0n) is 9.72. The summed E-state index contributed by atoms with van der Waals surface area (Å²) in [6, 6.07) is 1.37. The van der Waals surface area contributed by atoms with E-state index < -0.39 is 36.3 Å². The third-order valence-electron chi connectivity index (χ3n) is 3.04. The molecule has 100 valence electrons. The van der Waals surface area contributed by atoms with Gasteiger partial charge >= 0.3 is 5.69 Å². The third kappa shape index (κ3) is 1.89. The molecule has 5 N–H and O–H groups in total. The molecule has 0 spiro atoms. The van der Waals surface area contributed by atoms with Crippen LogP contribution in [-0.4, -0.2) is 49.3 Å². The molecule has 1 aromatic rings. The van der Waals surface area contributed by atoms with Crippen molar-refractivity contribution in [2.75, 3.05) is 12.3 Å². The molecule has 0 saturated carbocycles. The van der Waals surface area contributed by atoms with Gasteiger partial charge in [0.2, 0.25) is 0 Å². The summed E-state index contributed by atoms with van der Waals surface area (Å²) >= 11 is 0. The maximum atomic E-state index is 11.7. The van der Waals surface area contributed by atoms with E-state index in [1.54, 1.807) is 0 Å². The van der Waals surface area contributed by atoms with E-state index in [0.717, 1.165) is 4.57 Å². The van der Waals surface area contributed by atoms with Gasteiger partial charge in [-0.3, -0.25) is 4.57 Å². The summed E-state index contributed by atoms with van der Waals surface area (Å²) in [6.07, 6.45) is -2.09. The number of hydrogen-bond acceptors (Lipinski definition) is 7. The average molecular weight is 257 g/mol. The molecule has 3 unspecified atom stereocenters. The first-order valence-electron chi connectivity index (χ1n) is 5.39. The van der Waals surface area contributed by atoms with Crippen molar-refractivity contribution in [3.8, 4) is 0 Å². The number of rotatable bonds is 2. The van der Waals surface area contributed by atoms with Gasteiger partial charge in [-0.1, -0.05) is 0 Å². The second kappa shape index (κ2) is 4.32. The highest BCUT2D eigenvalue weighted by Gasteiger charge is 2.53. The van der Waals surface area contributed by atoms with Crippen LogP contribution >= 0.6 is 0 Å². The quantitative estimate of drug-likeness (QED) is 0.474. The van der Waals surface area contributed by atoms with Gasteiger partial charge in [0, 0.05) is 6.20 Å². The van der Waals surface area contributed by atoms with Crippen LogP contribution in [-0.2, 0) is 4.74 Å². The van der Waals surface area contributed by atoms with Gasteiger partial charge in [0.25, 0.3) is 0 Å². The normalized spacial score (nSPS) is 35.9. The monoisotopic (exact) mass is 257 g/mol. The number of hydrogen-bond donors (Lipinski definition) is 4. The van der Waals surface area contributed by atoms with Crippen molar-refractivity contribution < 1.29 is 20.1 Å². The first kappa shape index (κ1) is 13.0. The third-order valence-corrected chi connectivity index (χ3v) is 3.04. The van der Waals surface area contributed by atoms with Gasteiger partial charge in [-0.2, -0.15) is 4.98 Å². The lowest BCUT2D eigenvalue weighted by atomic mass is 9.96. The number of aromatic nitrogens is 2. The average Bonchev–Trinajstić information content (AvgIpc) is 2.52. The van der Waals surface area contributed by atoms with Crippen molar-refractivity contribution in [2.45, 2.75) is 31.0 Å². The summed E-state index contributed by atoms with van der Waals surface area (Å²) in [4.78, 5) is 15.2. The fraction of sp³-hybridized carbons (Fsp3) is 0.600. The molecule has 8 nitrogen and oxygen atoms in total. The predicted octanol–water partition coefficient (Wildman–Crippen LogP) is -2.17. The van der Waals surface area contributed by atoms with Crippen LogP contribution in [0, 0.1) is 0 Å². The zero-order valence-corrected chi connectivity index (χ0v) is 9.72. The Morgan fingerprint density at radius 3 is 2.83 bits per heavy atom. The van der Waals surface area contributed by atoms with E-state index in [1.165, 1.54) is 19.2 Å². The van der Waals surface area contributed by atoms with Crippen LogP contribution in [0.5, 0.6) is 0 Å². The van der Waals surface area contributed by atoms with Crippen molar-refractivity contribution in [1.82, 2.24) is 9.55 Å². The number of aliphatic hydroxyl groups is 3. The van der Waals surface area contributed by atoms with Gasteiger partial charge in [0.05, 0.1) is 6.61 Å². The Hall–Kier alpha value is -1.48. The Morgan fingerprint density at radius 1 is 1.67 bits per heavy atom. The molecule has 1 aliphatic heterocycles. The highest BCUT2D eigenvalue weighted by molar-refractivity contribution is 5.23. The van der Waals surface area contributed by atoms with Crippen LogP contribution in [0.25, 0.3) is 0 Å². The lowest BCUT2D eigenvalue weighted by molar-refractivity contribution is -0.0986. The highest BCUT2D eigenvalue weighted by Crippen LogP contribution is 2.37. The molecule has 0 radical (unpaired) electrons. The molecule has 0 bridgehead atoms. The van der Waals surface area contributed by atoms with E-state index >= 15 is 0 Å². The van der Waals surface area contributed by atoms with E-state index in [2.05, 4.69) is 4.98 Å². The molecule has 2 rings (SSSR count). The Morgan fingerprint density at radius 2 is 2.33 bits per heavy atom. The minimum Gasteiger partial charge on any atom is -0.394 e. The summed E-state index contributed by atoms with van der Waals surface area (Å²) < 4.78 is 6.30. The van der Waals surface area contributed by atoms with Gasteiger partial charge in [0.15, 0.2) is 6.23 Å². The van der Waals surface area contributed by atoms with Crippen LogP contribution in [0.15, 0.2) is 17.1 Å². The number of anilines is 1. The van der Waals surface area contributed by atoms with Crippen molar-refractivity contribution in [3.05, 3.63) is 22.7 Å². The van der Waals surface area contributed by atoms with Crippen LogP contribution in [0.1, 0.15) is 13.2 Å². The van der Waals surface area contributed by atoms with E-state index in [9.17, 15) is 15.0 Å². The smallest absolute Gasteiger partial charge is 0.351 e. The first-order valence-corrected chi connectivity index (χ1v) is 5.39. The summed E-state index contributed by atoms with van der Waals surface area (Å²) in [6.45, 7) is 0.853. The summed E-state index contributed by atoms with van der Waals surface area (Å²) in [7, 11) is 0. The standard InChI is InChI=1S/C10H15N3O5/c1-10(17)7(15)5(4-14)18-8(10)13-3-2-6(11)12-9(13)16/h2-3,5,7-8,14-15,17H,4H2,1H3,(H2,11,12,16)/t5?,7-,8?,10?/m1/s1. The van der Waals surface area contributed by atoms with Gasteiger partial charge in [-0.05, 0) is 13.0 Å². The maximum absolute atomic E-state index is 11.7. The van der Waals surface area contributed by atoms with Crippen LogP contribution in [0.4, 0.5) is 5.82 Å². The molecule has 1 fully saturated rings. The van der Waals surface area contributed by atoms with Crippen molar-refractivity contribution in [2.24, 2.45) is 0 Å². The SMILES string of the molecule is CC1(O)C(n2ccc(N)nc2=O)OC(CO)[C@H]1O. The molecule has 2 heterocycles. The second-order valence-electron chi connectivity index (χ2n) is 4.42. The first-order chi connectivity index (χ1) is 8.37. The van der Waals surface area contributed by atoms with E-state index in [1.807, 2.05) is 0 Å². The highest BCUT2D eigenvalue weighted by atomic mass is 16.6. The molecular weight excluding hydrogens is 242 g/mol. The van der Waals surface area contributed by atoms with Gasteiger partial charge in [-0.15, -0.1) is 0 Å². The van der Waals surface area contributed by atoms with E-state index in [0.29, 0.717) is 0 Å². The molecule has 18 heavy (non-hydrogen) atoms. The lowest BCUT2D eigenvalue weighted by Crippen LogP contribution is -2.46. The van der Waals surface area contributed by atoms with E-state index in [-0.39, 0.29) is 5.82 Å². The van der Waals surface area contributed by atoms with Crippen molar-refractivity contribution in [3.63, 3.8) is 0 Å². The maximum Gasteiger partial charge on any atom is 0.351 e. The van der Waals surface area contributed by atoms with Crippen molar-refractivity contribution >= 4 is 5.82 Å². The number of aliphatic hydroxyl groups excluding tert-OH is 2. The minimum absolute atomic E-state index is 0.0492. The molecule has 0 aromatic carbocycles. The summed E-state index contributed by atoms with van der Waals surface area (Å²) in [5.74, 6) is 0.0492. The predicted molar refractivity (Wildman–Crippen MR) is 60.5 cm³/mol.